The Balaban J connectivity index is 2.95. The third-order valence-electron chi connectivity index (χ3n) is 1.98. The quantitative estimate of drug-likeness (QED) is 0.769. The van der Waals surface area contributed by atoms with E-state index in [2.05, 4.69) is 11.6 Å². The minimum atomic E-state index is -1.15. The van der Waals surface area contributed by atoms with Gasteiger partial charge in [0.05, 0.1) is 0 Å². The standard InChI is InChI=1S/C11H12N2O3/c1-3-6-13(2)10(14)8-4-5-12-9(7-8)11(15)16/h3-5,7H,1,6H2,2H3,(H,15,16). The van der Waals surface area contributed by atoms with Gasteiger partial charge >= 0.3 is 5.97 Å². The van der Waals surface area contributed by atoms with Gasteiger partial charge in [0.2, 0.25) is 0 Å². The van der Waals surface area contributed by atoms with Crippen molar-refractivity contribution >= 4 is 11.9 Å². The summed E-state index contributed by atoms with van der Waals surface area (Å²) in [6, 6.07) is 2.73. The first-order valence-corrected chi connectivity index (χ1v) is 4.62. The van der Waals surface area contributed by atoms with Gasteiger partial charge in [0, 0.05) is 25.4 Å². The van der Waals surface area contributed by atoms with Gasteiger partial charge in [0.1, 0.15) is 5.69 Å². The van der Waals surface area contributed by atoms with Crippen molar-refractivity contribution in [3.8, 4) is 0 Å². The molecule has 1 amide bonds. The summed E-state index contributed by atoms with van der Waals surface area (Å²) >= 11 is 0. The molecular formula is C11H12N2O3. The molecule has 0 aliphatic heterocycles. The van der Waals surface area contributed by atoms with Gasteiger partial charge in [-0.05, 0) is 12.1 Å². The Labute approximate surface area is 93.0 Å². The highest BCUT2D eigenvalue weighted by Gasteiger charge is 2.13. The normalized spacial score (nSPS) is 9.56. The first-order valence-electron chi connectivity index (χ1n) is 4.62. The maximum Gasteiger partial charge on any atom is 0.354 e. The number of aromatic nitrogens is 1. The highest BCUT2D eigenvalue weighted by Crippen LogP contribution is 2.05. The summed E-state index contributed by atoms with van der Waals surface area (Å²) in [5.74, 6) is -1.41. The fraction of sp³-hybridized carbons (Fsp3) is 0.182. The molecular weight excluding hydrogens is 208 g/mol. The van der Waals surface area contributed by atoms with Crippen LogP contribution in [-0.4, -0.2) is 40.5 Å². The molecule has 0 aliphatic rings. The van der Waals surface area contributed by atoms with Gasteiger partial charge in [-0.1, -0.05) is 6.08 Å². The lowest BCUT2D eigenvalue weighted by molar-refractivity contribution is 0.0690. The lowest BCUT2D eigenvalue weighted by Gasteiger charge is -2.14. The smallest absolute Gasteiger partial charge is 0.354 e. The maximum atomic E-state index is 11.8. The minimum absolute atomic E-state index is 0.141. The van der Waals surface area contributed by atoms with Crippen LogP contribution < -0.4 is 0 Å². The van der Waals surface area contributed by atoms with E-state index in [0.29, 0.717) is 12.1 Å². The van der Waals surface area contributed by atoms with Crippen molar-refractivity contribution in [1.29, 1.82) is 0 Å². The Bertz CT molecular complexity index is 429. The van der Waals surface area contributed by atoms with E-state index >= 15 is 0 Å². The molecule has 1 aromatic rings. The monoisotopic (exact) mass is 220 g/mol. The van der Waals surface area contributed by atoms with E-state index < -0.39 is 5.97 Å². The summed E-state index contributed by atoms with van der Waals surface area (Å²) in [6.07, 6.45) is 2.90. The van der Waals surface area contributed by atoms with Gasteiger partial charge in [0.15, 0.2) is 0 Å². The Kier molecular flexibility index (Phi) is 3.77. The third kappa shape index (κ3) is 2.66. The van der Waals surface area contributed by atoms with Gasteiger partial charge in [-0.15, -0.1) is 6.58 Å². The molecule has 1 heterocycles. The second-order valence-corrected chi connectivity index (χ2v) is 3.21. The van der Waals surface area contributed by atoms with E-state index in [0.717, 1.165) is 0 Å². The molecule has 0 unspecified atom stereocenters. The molecule has 16 heavy (non-hydrogen) atoms. The lowest BCUT2D eigenvalue weighted by atomic mass is 10.2. The molecule has 5 nitrogen and oxygen atoms in total. The Morgan fingerprint density at radius 3 is 2.88 bits per heavy atom. The van der Waals surface area contributed by atoms with Crippen molar-refractivity contribution in [2.75, 3.05) is 13.6 Å². The van der Waals surface area contributed by atoms with Gasteiger partial charge < -0.3 is 10.0 Å². The number of hydrogen-bond acceptors (Lipinski definition) is 3. The van der Waals surface area contributed by atoms with Crippen LogP contribution in [0.3, 0.4) is 0 Å². The lowest BCUT2D eigenvalue weighted by Crippen LogP contribution is -2.26. The van der Waals surface area contributed by atoms with E-state index in [9.17, 15) is 9.59 Å². The number of carboxylic acid groups (broad SMARTS) is 1. The van der Waals surface area contributed by atoms with Crippen LogP contribution in [0.4, 0.5) is 0 Å². The Morgan fingerprint density at radius 2 is 2.31 bits per heavy atom. The fourth-order valence-corrected chi connectivity index (χ4v) is 1.18. The molecule has 0 radical (unpaired) electrons. The maximum absolute atomic E-state index is 11.8. The van der Waals surface area contributed by atoms with Crippen LogP contribution in [0.15, 0.2) is 31.0 Å². The number of likely N-dealkylation sites (N-methyl/N-ethyl adjacent to an activating group) is 1. The average molecular weight is 220 g/mol. The SMILES string of the molecule is C=CCN(C)C(=O)c1ccnc(C(=O)O)c1. The highest BCUT2D eigenvalue weighted by atomic mass is 16.4. The van der Waals surface area contributed by atoms with Crippen molar-refractivity contribution < 1.29 is 14.7 Å². The number of pyridine rings is 1. The number of carboxylic acids is 1. The predicted molar refractivity (Wildman–Crippen MR) is 58.4 cm³/mol. The number of aromatic carboxylic acids is 1. The van der Waals surface area contributed by atoms with Gasteiger partial charge in [-0.2, -0.15) is 0 Å². The molecule has 0 aromatic carbocycles. The van der Waals surface area contributed by atoms with Crippen molar-refractivity contribution in [3.05, 3.63) is 42.2 Å². The molecule has 0 atom stereocenters. The van der Waals surface area contributed by atoms with Gasteiger partial charge in [-0.25, -0.2) is 9.78 Å². The predicted octanol–water partition coefficient (Wildman–Crippen LogP) is 1.04. The van der Waals surface area contributed by atoms with Crippen LogP contribution in [0.5, 0.6) is 0 Å². The molecule has 0 bridgehead atoms. The molecule has 0 fully saturated rings. The first kappa shape index (κ1) is 11.9. The topological polar surface area (TPSA) is 70.5 Å². The van der Waals surface area contributed by atoms with Gasteiger partial charge in [0.25, 0.3) is 5.91 Å². The number of nitrogens with zero attached hydrogens (tertiary/aromatic N) is 2. The van der Waals surface area contributed by atoms with Crippen molar-refractivity contribution in [2.24, 2.45) is 0 Å². The molecule has 0 saturated heterocycles. The number of carbonyl (C=O) groups excluding carboxylic acids is 1. The first-order chi connectivity index (χ1) is 7.56. The van der Waals surface area contributed by atoms with Crippen molar-refractivity contribution in [3.63, 3.8) is 0 Å². The zero-order valence-electron chi connectivity index (χ0n) is 8.88. The number of rotatable bonds is 4. The summed E-state index contributed by atoms with van der Waals surface area (Å²) in [6.45, 7) is 3.93. The van der Waals surface area contributed by atoms with E-state index in [1.165, 1.54) is 23.2 Å². The van der Waals surface area contributed by atoms with Crippen LogP contribution in [0.2, 0.25) is 0 Å². The second kappa shape index (κ2) is 5.06. The number of carbonyl (C=O) groups is 2. The van der Waals surface area contributed by atoms with Crippen LogP contribution in [-0.2, 0) is 0 Å². The van der Waals surface area contributed by atoms with Crippen molar-refractivity contribution in [1.82, 2.24) is 9.88 Å². The fourth-order valence-electron chi connectivity index (χ4n) is 1.18. The zero-order chi connectivity index (χ0) is 12.1. The molecule has 1 N–H and O–H groups in total. The van der Waals surface area contributed by atoms with E-state index in [4.69, 9.17) is 5.11 Å². The molecule has 84 valence electrons. The molecule has 5 heteroatoms. The van der Waals surface area contributed by atoms with Crippen LogP contribution in [0.1, 0.15) is 20.8 Å². The Hall–Kier alpha value is -2.17. The highest BCUT2D eigenvalue weighted by molar-refractivity contribution is 5.96. The van der Waals surface area contributed by atoms with Gasteiger partial charge in [-0.3, -0.25) is 4.79 Å². The van der Waals surface area contributed by atoms with Crippen molar-refractivity contribution in [2.45, 2.75) is 0 Å². The minimum Gasteiger partial charge on any atom is -0.477 e. The largest absolute Gasteiger partial charge is 0.477 e. The number of hydrogen-bond donors (Lipinski definition) is 1. The summed E-state index contributed by atoms with van der Waals surface area (Å²) in [5.41, 5.74) is 0.162. The van der Waals surface area contributed by atoms with E-state index in [-0.39, 0.29) is 11.6 Å². The molecule has 1 rings (SSSR count). The second-order valence-electron chi connectivity index (χ2n) is 3.21. The summed E-state index contributed by atoms with van der Waals surface area (Å²) in [5, 5.41) is 8.73. The zero-order valence-corrected chi connectivity index (χ0v) is 8.88. The van der Waals surface area contributed by atoms with Crippen LogP contribution >= 0.6 is 0 Å². The van der Waals surface area contributed by atoms with E-state index in [1.54, 1.807) is 13.1 Å². The Morgan fingerprint density at radius 1 is 1.62 bits per heavy atom. The summed E-state index contributed by atoms with van der Waals surface area (Å²) < 4.78 is 0. The average Bonchev–Trinajstić information content (AvgIpc) is 2.28. The van der Waals surface area contributed by atoms with Crippen LogP contribution in [0.25, 0.3) is 0 Å². The summed E-state index contributed by atoms with van der Waals surface area (Å²) in [7, 11) is 1.62. The van der Waals surface area contributed by atoms with E-state index in [1.807, 2.05) is 0 Å². The summed E-state index contributed by atoms with van der Waals surface area (Å²) in [4.78, 5) is 27.5. The molecule has 1 aromatic heterocycles. The number of amides is 1. The molecule has 0 saturated carbocycles. The van der Waals surface area contributed by atoms with Crippen LogP contribution in [0, 0.1) is 0 Å². The molecule has 0 spiro atoms. The third-order valence-corrected chi connectivity index (χ3v) is 1.98. The molecule has 0 aliphatic carbocycles.